The third-order valence-corrected chi connectivity index (χ3v) is 5.42. The highest BCUT2D eigenvalue weighted by atomic mass is 32.1. The van der Waals surface area contributed by atoms with Crippen LogP contribution in [-0.2, 0) is 11.2 Å². The molecule has 1 N–H and O–H groups in total. The van der Waals surface area contributed by atoms with E-state index in [1.165, 1.54) is 11.3 Å². The van der Waals surface area contributed by atoms with E-state index in [0.717, 1.165) is 21.9 Å². The number of ether oxygens (including phenoxy) is 2. The van der Waals surface area contributed by atoms with Crippen LogP contribution < -0.4 is 14.8 Å². The number of anilines is 1. The van der Waals surface area contributed by atoms with Gasteiger partial charge in [0.25, 0.3) is 0 Å². The molecule has 2 aromatic carbocycles. The Labute approximate surface area is 179 Å². The fourth-order valence-electron chi connectivity index (χ4n) is 3.21. The van der Waals surface area contributed by atoms with Crippen LogP contribution in [0.2, 0.25) is 0 Å². The fourth-order valence-corrected chi connectivity index (χ4v) is 4.08. The molecule has 0 fully saturated rings. The second-order valence-electron chi connectivity index (χ2n) is 6.62. The van der Waals surface area contributed by atoms with E-state index in [-0.39, 0.29) is 12.3 Å². The number of fused-ring (bicyclic) bond motifs is 1. The van der Waals surface area contributed by atoms with Crippen LogP contribution in [-0.4, -0.2) is 28.5 Å². The molecule has 2 heterocycles. The Hall–Kier alpha value is -3.32. The summed E-state index contributed by atoms with van der Waals surface area (Å²) in [5.74, 6) is 1.19. The van der Waals surface area contributed by atoms with Crippen molar-refractivity contribution < 1.29 is 14.3 Å². The normalized spacial score (nSPS) is 10.9. The predicted molar refractivity (Wildman–Crippen MR) is 120 cm³/mol. The Morgan fingerprint density at radius 1 is 1.10 bits per heavy atom. The molecule has 0 aliphatic heterocycles. The average Bonchev–Trinajstić information content (AvgIpc) is 3.33. The van der Waals surface area contributed by atoms with E-state index in [9.17, 15) is 4.79 Å². The van der Waals surface area contributed by atoms with Crippen LogP contribution in [0.1, 0.15) is 19.5 Å². The first kappa shape index (κ1) is 20.0. The zero-order valence-corrected chi connectivity index (χ0v) is 17.7. The minimum atomic E-state index is -0.126. The summed E-state index contributed by atoms with van der Waals surface area (Å²) in [6, 6.07) is 15.5. The summed E-state index contributed by atoms with van der Waals surface area (Å²) in [6.45, 7) is 4.90. The van der Waals surface area contributed by atoms with E-state index in [4.69, 9.17) is 9.47 Å². The lowest BCUT2D eigenvalue weighted by molar-refractivity contribution is -0.115. The summed E-state index contributed by atoms with van der Waals surface area (Å²) >= 11 is 1.53. The van der Waals surface area contributed by atoms with E-state index in [0.29, 0.717) is 30.4 Å². The standard InChI is InChI=1S/C23H23N3O3S/c1-3-28-18-10-11-21(29-4-2)19(13-18)24-22(27)12-17-15-30-23-25-20(14-26(17)23)16-8-6-5-7-9-16/h5-11,13-15H,3-4,12H2,1-2H3,(H,24,27). The molecule has 6 nitrogen and oxygen atoms in total. The number of imidazole rings is 1. The van der Waals surface area contributed by atoms with Gasteiger partial charge in [-0.15, -0.1) is 11.3 Å². The number of carbonyl (C=O) groups is 1. The van der Waals surface area contributed by atoms with Gasteiger partial charge < -0.3 is 14.8 Å². The number of hydrogen-bond acceptors (Lipinski definition) is 5. The summed E-state index contributed by atoms with van der Waals surface area (Å²) in [6.07, 6.45) is 2.21. The zero-order chi connectivity index (χ0) is 20.9. The molecule has 30 heavy (non-hydrogen) atoms. The lowest BCUT2D eigenvalue weighted by Crippen LogP contribution is -2.16. The summed E-state index contributed by atoms with van der Waals surface area (Å²) in [4.78, 5) is 18.3. The molecule has 0 radical (unpaired) electrons. The first-order valence-electron chi connectivity index (χ1n) is 9.88. The molecule has 0 bridgehead atoms. The summed E-state index contributed by atoms with van der Waals surface area (Å²) in [5.41, 5.74) is 3.45. The highest BCUT2D eigenvalue weighted by Crippen LogP contribution is 2.30. The van der Waals surface area contributed by atoms with Gasteiger partial charge in [0, 0.05) is 28.9 Å². The lowest BCUT2D eigenvalue weighted by atomic mass is 10.2. The Morgan fingerprint density at radius 3 is 2.67 bits per heavy atom. The van der Waals surface area contributed by atoms with Crippen LogP contribution in [0.5, 0.6) is 11.5 Å². The molecule has 0 aliphatic carbocycles. The highest BCUT2D eigenvalue weighted by Gasteiger charge is 2.15. The van der Waals surface area contributed by atoms with Gasteiger partial charge in [0.15, 0.2) is 4.96 Å². The van der Waals surface area contributed by atoms with Crippen molar-refractivity contribution >= 4 is 27.9 Å². The molecule has 0 unspecified atom stereocenters. The fraction of sp³-hybridized carbons (Fsp3) is 0.217. The molecule has 0 spiro atoms. The Balaban J connectivity index is 1.54. The van der Waals surface area contributed by atoms with Crippen LogP contribution in [0.15, 0.2) is 60.1 Å². The van der Waals surface area contributed by atoms with Gasteiger partial charge in [0.2, 0.25) is 5.91 Å². The van der Waals surface area contributed by atoms with E-state index in [1.54, 1.807) is 6.07 Å². The van der Waals surface area contributed by atoms with Gasteiger partial charge in [0.1, 0.15) is 11.5 Å². The minimum absolute atomic E-state index is 0.126. The lowest BCUT2D eigenvalue weighted by Gasteiger charge is -2.13. The Morgan fingerprint density at radius 2 is 1.90 bits per heavy atom. The largest absolute Gasteiger partial charge is 0.494 e. The monoisotopic (exact) mass is 421 g/mol. The number of nitrogens with one attached hydrogen (secondary N) is 1. The summed E-state index contributed by atoms with van der Waals surface area (Å²) in [7, 11) is 0. The van der Waals surface area contributed by atoms with E-state index >= 15 is 0 Å². The maximum atomic E-state index is 12.8. The van der Waals surface area contributed by atoms with Gasteiger partial charge >= 0.3 is 0 Å². The van der Waals surface area contributed by atoms with Gasteiger partial charge in [-0.25, -0.2) is 4.98 Å². The van der Waals surface area contributed by atoms with Crippen molar-refractivity contribution in [1.29, 1.82) is 0 Å². The Bertz CT molecular complexity index is 1150. The molecule has 2 aromatic heterocycles. The highest BCUT2D eigenvalue weighted by molar-refractivity contribution is 7.15. The number of aromatic nitrogens is 2. The number of nitrogens with zero attached hydrogens (tertiary/aromatic N) is 2. The average molecular weight is 422 g/mol. The smallest absolute Gasteiger partial charge is 0.230 e. The SMILES string of the molecule is CCOc1ccc(OCC)c(NC(=O)Cc2csc3nc(-c4ccccc4)cn23)c1. The maximum absolute atomic E-state index is 12.8. The molecule has 1 amide bonds. The van der Waals surface area contributed by atoms with Crippen molar-refractivity contribution in [2.45, 2.75) is 20.3 Å². The molecule has 7 heteroatoms. The van der Waals surface area contributed by atoms with Crippen LogP contribution in [0.4, 0.5) is 5.69 Å². The maximum Gasteiger partial charge on any atom is 0.230 e. The van der Waals surface area contributed by atoms with Crippen LogP contribution in [0.25, 0.3) is 16.2 Å². The molecule has 0 atom stereocenters. The number of benzene rings is 2. The van der Waals surface area contributed by atoms with Crippen molar-refractivity contribution in [2.24, 2.45) is 0 Å². The number of amides is 1. The van der Waals surface area contributed by atoms with Crippen LogP contribution >= 0.6 is 11.3 Å². The first-order chi connectivity index (χ1) is 14.7. The Kier molecular flexibility index (Phi) is 5.99. The molecular formula is C23H23N3O3S. The molecule has 4 aromatic rings. The summed E-state index contributed by atoms with van der Waals surface area (Å²) in [5, 5.41) is 4.93. The molecule has 0 saturated carbocycles. The van der Waals surface area contributed by atoms with Crippen molar-refractivity contribution in [3.63, 3.8) is 0 Å². The van der Waals surface area contributed by atoms with E-state index in [1.807, 2.05) is 72.3 Å². The molecule has 154 valence electrons. The molecular weight excluding hydrogens is 398 g/mol. The minimum Gasteiger partial charge on any atom is -0.494 e. The van der Waals surface area contributed by atoms with E-state index < -0.39 is 0 Å². The van der Waals surface area contributed by atoms with Crippen molar-refractivity contribution in [2.75, 3.05) is 18.5 Å². The van der Waals surface area contributed by atoms with Crippen LogP contribution in [0.3, 0.4) is 0 Å². The van der Waals surface area contributed by atoms with Gasteiger partial charge in [-0.2, -0.15) is 0 Å². The topological polar surface area (TPSA) is 64.9 Å². The van der Waals surface area contributed by atoms with Gasteiger partial charge in [0.05, 0.1) is 31.0 Å². The third kappa shape index (κ3) is 4.31. The zero-order valence-electron chi connectivity index (χ0n) is 16.9. The second kappa shape index (κ2) is 9.00. The van der Waals surface area contributed by atoms with E-state index in [2.05, 4.69) is 10.3 Å². The number of rotatable bonds is 8. The van der Waals surface area contributed by atoms with Gasteiger partial charge in [-0.05, 0) is 26.0 Å². The van der Waals surface area contributed by atoms with Crippen molar-refractivity contribution in [3.05, 3.63) is 65.8 Å². The molecule has 0 aliphatic rings. The second-order valence-corrected chi connectivity index (χ2v) is 7.46. The van der Waals surface area contributed by atoms with Crippen molar-refractivity contribution in [1.82, 2.24) is 9.38 Å². The molecule has 4 rings (SSSR count). The van der Waals surface area contributed by atoms with Crippen molar-refractivity contribution in [3.8, 4) is 22.8 Å². The number of hydrogen-bond donors (Lipinski definition) is 1. The quantitative estimate of drug-likeness (QED) is 0.433. The summed E-state index contributed by atoms with van der Waals surface area (Å²) < 4.78 is 13.2. The third-order valence-electron chi connectivity index (χ3n) is 4.53. The number of thiazole rings is 1. The predicted octanol–water partition coefficient (Wildman–Crippen LogP) is 5.04. The van der Waals surface area contributed by atoms with Crippen LogP contribution in [0, 0.1) is 0 Å². The first-order valence-corrected chi connectivity index (χ1v) is 10.8. The van der Waals surface area contributed by atoms with Gasteiger partial charge in [-0.1, -0.05) is 30.3 Å². The number of carbonyl (C=O) groups excluding carboxylic acids is 1. The molecule has 0 saturated heterocycles. The van der Waals surface area contributed by atoms with Gasteiger partial charge in [-0.3, -0.25) is 9.20 Å².